The fourth-order valence-electron chi connectivity index (χ4n) is 0.767. The Morgan fingerprint density at radius 2 is 1.80 bits per heavy atom. The SMILES string of the molecule is CC(OC(=O)C=CC(=O)O)C(=O)N(C)C. The fourth-order valence-corrected chi connectivity index (χ4v) is 0.767. The lowest BCUT2D eigenvalue weighted by Gasteiger charge is -2.16. The van der Waals surface area contributed by atoms with Crippen molar-refractivity contribution in [1.29, 1.82) is 0 Å². The molecular weight excluding hydrogens is 202 g/mol. The second-order valence-electron chi connectivity index (χ2n) is 2.98. The van der Waals surface area contributed by atoms with Crippen molar-refractivity contribution in [2.75, 3.05) is 14.1 Å². The monoisotopic (exact) mass is 215 g/mol. The van der Waals surface area contributed by atoms with Crippen LogP contribution >= 0.6 is 0 Å². The Balaban J connectivity index is 4.19. The van der Waals surface area contributed by atoms with Gasteiger partial charge in [-0.2, -0.15) is 0 Å². The van der Waals surface area contributed by atoms with Crippen molar-refractivity contribution in [3.8, 4) is 0 Å². The summed E-state index contributed by atoms with van der Waals surface area (Å²) in [7, 11) is 3.06. The highest BCUT2D eigenvalue weighted by atomic mass is 16.5. The quantitative estimate of drug-likeness (QED) is 0.511. The maximum atomic E-state index is 11.2. The van der Waals surface area contributed by atoms with Gasteiger partial charge in [-0.3, -0.25) is 4.79 Å². The molecule has 0 saturated carbocycles. The number of aliphatic carboxylic acids is 1. The number of amides is 1. The minimum absolute atomic E-state index is 0.368. The van der Waals surface area contributed by atoms with Gasteiger partial charge in [0.25, 0.3) is 5.91 Å². The third-order valence-electron chi connectivity index (χ3n) is 1.44. The smallest absolute Gasteiger partial charge is 0.331 e. The lowest BCUT2D eigenvalue weighted by atomic mass is 10.3. The van der Waals surface area contributed by atoms with Gasteiger partial charge in [-0.15, -0.1) is 0 Å². The summed E-state index contributed by atoms with van der Waals surface area (Å²) in [5.74, 6) is -2.48. The molecule has 0 aromatic rings. The molecule has 0 saturated heterocycles. The number of hydrogen-bond donors (Lipinski definition) is 1. The number of carbonyl (C=O) groups is 3. The highest BCUT2D eigenvalue weighted by Gasteiger charge is 2.17. The highest BCUT2D eigenvalue weighted by Crippen LogP contribution is 1.96. The average Bonchev–Trinajstić information content (AvgIpc) is 2.13. The van der Waals surface area contributed by atoms with Crippen molar-refractivity contribution in [2.24, 2.45) is 0 Å². The molecule has 0 fully saturated rings. The van der Waals surface area contributed by atoms with E-state index in [1.165, 1.54) is 25.9 Å². The van der Waals surface area contributed by atoms with Crippen LogP contribution in [0, 0.1) is 0 Å². The molecule has 0 spiro atoms. The van der Waals surface area contributed by atoms with E-state index in [2.05, 4.69) is 4.74 Å². The van der Waals surface area contributed by atoms with Crippen LogP contribution in [0.5, 0.6) is 0 Å². The Bertz CT molecular complexity index is 295. The summed E-state index contributed by atoms with van der Waals surface area (Å²) in [5.41, 5.74) is 0. The van der Waals surface area contributed by atoms with Crippen LogP contribution in [0.3, 0.4) is 0 Å². The molecule has 0 heterocycles. The number of likely N-dealkylation sites (N-methyl/N-ethyl adjacent to an activating group) is 1. The second-order valence-corrected chi connectivity index (χ2v) is 2.98. The summed E-state index contributed by atoms with van der Waals surface area (Å²) in [6.07, 6.45) is 0.475. The van der Waals surface area contributed by atoms with Crippen molar-refractivity contribution >= 4 is 17.8 Å². The van der Waals surface area contributed by atoms with E-state index in [9.17, 15) is 14.4 Å². The Kier molecular flexibility index (Phi) is 5.08. The zero-order valence-corrected chi connectivity index (χ0v) is 8.76. The van der Waals surface area contributed by atoms with Gasteiger partial charge in [0.1, 0.15) is 0 Å². The summed E-state index contributed by atoms with van der Waals surface area (Å²) in [5, 5.41) is 8.22. The molecule has 6 heteroatoms. The van der Waals surface area contributed by atoms with Gasteiger partial charge < -0.3 is 14.7 Å². The maximum absolute atomic E-state index is 11.2. The molecule has 0 aliphatic rings. The average molecular weight is 215 g/mol. The minimum atomic E-state index is -1.25. The molecule has 0 radical (unpaired) electrons. The zero-order chi connectivity index (χ0) is 12.0. The van der Waals surface area contributed by atoms with Gasteiger partial charge in [0, 0.05) is 26.2 Å². The highest BCUT2D eigenvalue weighted by molar-refractivity contribution is 5.92. The number of hydrogen-bond acceptors (Lipinski definition) is 4. The molecule has 0 aliphatic carbocycles. The molecule has 1 atom stereocenters. The predicted octanol–water partition coefficient (Wildman–Crippen LogP) is -0.353. The molecule has 84 valence electrons. The summed E-state index contributed by atoms with van der Waals surface area (Å²) in [6, 6.07) is 0. The Morgan fingerprint density at radius 1 is 1.27 bits per heavy atom. The van der Waals surface area contributed by atoms with Gasteiger partial charge in [0.05, 0.1) is 0 Å². The first-order chi connectivity index (χ1) is 6.84. The van der Waals surface area contributed by atoms with Crippen LogP contribution in [0.25, 0.3) is 0 Å². The number of carboxylic acid groups (broad SMARTS) is 1. The fraction of sp³-hybridized carbons (Fsp3) is 0.444. The van der Waals surface area contributed by atoms with Gasteiger partial charge in [-0.25, -0.2) is 9.59 Å². The van der Waals surface area contributed by atoms with Crippen LogP contribution < -0.4 is 0 Å². The van der Waals surface area contributed by atoms with Crippen LogP contribution in [0.15, 0.2) is 12.2 Å². The van der Waals surface area contributed by atoms with Crippen molar-refractivity contribution in [3.63, 3.8) is 0 Å². The maximum Gasteiger partial charge on any atom is 0.331 e. The van der Waals surface area contributed by atoms with Gasteiger partial charge >= 0.3 is 11.9 Å². The van der Waals surface area contributed by atoms with Crippen LogP contribution in [0.1, 0.15) is 6.92 Å². The molecule has 15 heavy (non-hydrogen) atoms. The van der Waals surface area contributed by atoms with Crippen LogP contribution in [0.2, 0.25) is 0 Å². The predicted molar refractivity (Wildman–Crippen MR) is 51.0 cm³/mol. The standard InChI is InChI=1S/C9H13NO5/c1-6(9(14)10(2)3)15-8(13)5-4-7(11)12/h4-6H,1-3H3,(H,11,12). The minimum Gasteiger partial charge on any atom is -0.478 e. The molecule has 1 N–H and O–H groups in total. The first-order valence-corrected chi connectivity index (χ1v) is 4.17. The van der Waals surface area contributed by atoms with Crippen molar-refractivity contribution in [1.82, 2.24) is 4.90 Å². The second kappa shape index (κ2) is 5.79. The number of carboxylic acids is 1. The Labute approximate surface area is 87.1 Å². The topological polar surface area (TPSA) is 83.9 Å². The third kappa shape index (κ3) is 5.45. The van der Waals surface area contributed by atoms with E-state index in [1.54, 1.807) is 0 Å². The van der Waals surface area contributed by atoms with E-state index < -0.39 is 18.0 Å². The van der Waals surface area contributed by atoms with Crippen molar-refractivity contribution in [2.45, 2.75) is 13.0 Å². The van der Waals surface area contributed by atoms with E-state index in [0.29, 0.717) is 6.08 Å². The van der Waals surface area contributed by atoms with E-state index in [1.807, 2.05) is 0 Å². The zero-order valence-electron chi connectivity index (χ0n) is 8.76. The largest absolute Gasteiger partial charge is 0.478 e. The van der Waals surface area contributed by atoms with Gasteiger partial charge in [-0.1, -0.05) is 0 Å². The number of rotatable bonds is 4. The molecular formula is C9H13NO5. The molecule has 1 unspecified atom stereocenters. The summed E-state index contributed by atoms with van der Waals surface area (Å²) < 4.78 is 4.64. The van der Waals surface area contributed by atoms with E-state index in [4.69, 9.17) is 5.11 Å². The van der Waals surface area contributed by atoms with E-state index in [-0.39, 0.29) is 5.91 Å². The number of esters is 1. The lowest BCUT2D eigenvalue weighted by Crippen LogP contribution is -2.34. The Hall–Kier alpha value is -1.85. The lowest BCUT2D eigenvalue weighted by molar-refractivity contribution is -0.154. The van der Waals surface area contributed by atoms with Crippen LogP contribution in [-0.2, 0) is 19.1 Å². The summed E-state index contributed by atoms with van der Waals surface area (Å²) >= 11 is 0. The molecule has 0 aromatic carbocycles. The normalized spacial score (nSPS) is 12.2. The van der Waals surface area contributed by atoms with Gasteiger partial charge in [0.2, 0.25) is 0 Å². The molecule has 1 amide bonds. The van der Waals surface area contributed by atoms with Crippen LogP contribution in [-0.4, -0.2) is 48.1 Å². The molecule has 6 nitrogen and oxygen atoms in total. The van der Waals surface area contributed by atoms with E-state index >= 15 is 0 Å². The number of ether oxygens (including phenoxy) is 1. The first-order valence-electron chi connectivity index (χ1n) is 4.17. The summed E-state index contributed by atoms with van der Waals surface area (Å²) in [6.45, 7) is 1.41. The van der Waals surface area contributed by atoms with Crippen molar-refractivity contribution < 1.29 is 24.2 Å². The Morgan fingerprint density at radius 3 is 2.20 bits per heavy atom. The first kappa shape index (κ1) is 13.2. The van der Waals surface area contributed by atoms with Crippen LogP contribution in [0.4, 0.5) is 0 Å². The molecule has 0 aromatic heterocycles. The molecule has 0 aliphatic heterocycles. The molecule has 0 bridgehead atoms. The summed E-state index contributed by atoms with van der Waals surface area (Å²) in [4.78, 5) is 33.5. The van der Waals surface area contributed by atoms with Crippen molar-refractivity contribution in [3.05, 3.63) is 12.2 Å². The number of carbonyl (C=O) groups excluding carboxylic acids is 2. The van der Waals surface area contributed by atoms with Gasteiger partial charge in [-0.05, 0) is 6.92 Å². The molecule has 0 rings (SSSR count). The van der Waals surface area contributed by atoms with E-state index in [0.717, 1.165) is 6.08 Å². The van der Waals surface area contributed by atoms with Gasteiger partial charge in [0.15, 0.2) is 6.10 Å². The third-order valence-corrected chi connectivity index (χ3v) is 1.44. The number of nitrogens with zero attached hydrogens (tertiary/aromatic N) is 1.